The molecule has 0 heterocycles. The van der Waals surface area contributed by atoms with E-state index in [-0.39, 0.29) is 6.61 Å². The van der Waals surface area contributed by atoms with Crippen LogP contribution in [0.3, 0.4) is 0 Å². The molecule has 0 bridgehead atoms. The predicted molar refractivity (Wildman–Crippen MR) is 88.3 cm³/mol. The Labute approximate surface area is 143 Å². The van der Waals surface area contributed by atoms with Crippen molar-refractivity contribution >= 4 is 34.8 Å². The van der Waals surface area contributed by atoms with E-state index in [0.29, 0.717) is 32.8 Å². The molecular weight excluding hydrogens is 339 g/mol. The molecule has 2 rings (SSSR count). The molecule has 0 saturated heterocycles. The second-order valence-electron chi connectivity index (χ2n) is 4.41. The monoisotopic (exact) mass is 350 g/mol. The molecule has 1 amide bonds. The molecule has 0 unspecified atom stereocenters. The molecule has 2 aromatic carbocycles. The van der Waals surface area contributed by atoms with Gasteiger partial charge in [0.1, 0.15) is 0 Å². The van der Waals surface area contributed by atoms with Gasteiger partial charge in [-0.3, -0.25) is 4.79 Å². The quantitative estimate of drug-likeness (QED) is 0.887. The summed E-state index contributed by atoms with van der Waals surface area (Å²) in [6, 6.07) is 11.6. The summed E-state index contributed by atoms with van der Waals surface area (Å²) < 4.78 is 10.5. The van der Waals surface area contributed by atoms with Gasteiger partial charge in [-0.2, -0.15) is 5.26 Å². The van der Waals surface area contributed by atoms with Gasteiger partial charge in [0.15, 0.2) is 18.1 Å². The molecule has 2 aromatic rings. The van der Waals surface area contributed by atoms with Crippen LogP contribution in [0.15, 0.2) is 36.4 Å². The number of amides is 1. The van der Waals surface area contributed by atoms with Crippen molar-refractivity contribution in [2.75, 3.05) is 19.0 Å². The van der Waals surface area contributed by atoms with E-state index in [2.05, 4.69) is 5.32 Å². The predicted octanol–water partition coefficient (Wildman–Crippen LogP) is 3.89. The maximum Gasteiger partial charge on any atom is 0.262 e. The van der Waals surface area contributed by atoms with Gasteiger partial charge in [-0.05, 0) is 24.3 Å². The minimum Gasteiger partial charge on any atom is -0.493 e. The molecule has 5 nitrogen and oxygen atoms in total. The lowest BCUT2D eigenvalue weighted by Crippen LogP contribution is -2.20. The van der Waals surface area contributed by atoms with Gasteiger partial charge in [0.05, 0.1) is 34.5 Å². The topological polar surface area (TPSA) is 71.3 Å². The molecule has 7 heteroatoms. The minimum absolute atomic E-state index is 0.260. The number of rotatable bonds is 5. The summed E-state index contributed by atoms with van der Waals surface area (Å²) in [7, 11) is 1.45. The normalized spacial score (nSPS) is 9.83. The Balaban J connectivity index is 2.04. The van der Waals surface area contributed by atoms with Crippen LogP contribution in [0.5, 0.6) is 11.5 Å². The smallest absolute Gasteiger partial charge is 0.262 e. The lowest BCUT2D eigenvalue weighted by Gasteiger charge is -2.12. The van der Waals surface area contributed by atoms with Crippen molar-refractivity contribution in [1.82, 2.24) is 0 Å². The summed E-state index contributed by atoms with van der Waals surface area (Å²) in [6.07, 6.45) is 0. The third kappa shape index (κ3) is 4.28. The van der Waals surface area contributed by atoms with E-state index in [4.69, 9.17) is 37.9 Å². The van der Waals surface area contributed by atoms with Crippen LogP contribution in [-0.4, -0.2) is 19.6 Å². The Kier molecular flexibility index (Phi) is 5.69. The Morgan fingerprint density at radius 1 is 1.22 bits per heavy atom. The molecular formula is C16H12Cl2N2O3. The van der Waals surface area contributed by atoms with Crippen molar-refractivity contribution in [3.8, 4) is 17.6 Å². The van der Waals surface area contributed by atoms with Gasteiger partial charge in [0.2, 0.25) is 0 Å². The molecule has 0 aliphatic carbocycles. The first-order valence-electron chi connectivity index (χ1n) is 6.50. The highest BCUT2D eigenvalue weighted by Gasteiger charge is 2.12. The summed E-state index contributed by atoms with van der Waals surface area (Å²) in [5.74, 6) is 0.297. The van der Waals surface area contributed by atoms with Crippen LogP contribution >= 0.6 is 23.2 Å². The molecule has 0 fully saturated rings. The highest BCUT2D eigenvalue weighted by molar-refractivity contribution is 6.39. The van der Waals surface area contributed by atoms with Crippen molar-refractivity contribution in [3.63, 3.8) is 0 Å². The fraction of sp³-hybridized carbons (Fsp3) is 0.125. The number of nitriles is 1. The fourth-order valence-corrected chi connectivity index (χ4v) is 2.28. The zero-order valence-corrected chi connectivity index (χ0v) is 13.6. The van der Waals surface area contributed by atoms with Crippen LogP contribution in [0.25, 0.3) is 0 Å². The number of para-hydroxylation sites is 1. The van der Waals surface area contributed by atoms with Gasteiger partial charge in [-0.25, -0.2) is 0 Å². The molecule has 23 heavy (non-hydrogen) atoms. The summed E-state index contributed by atoms with van der Waals surface area (Å²) in [4.78, 5) is 12.0. The average molecular weight is 351 g/mol. The van der Waals surface area contributed by atoms with Crippen LogP contribution in [0.4, 0.5) is 5.69 Å². The van der Waals surface area contributed by atoms with E-state index in [0.717, 1.165) is 0 Å². The Morgan fingerprint density at radius 2 is 1.91 bits per heavy atom. The molecule has 1 N–H and O–H groups in total. The second kappa shape index (κ2) is 7.73. The van der Waals surface area contributed by atoms with Gasteiger partial charge < -0.3 is 14.8 Å². The number of hydrogen-bond acceptors (Lipinski definition) is 4. The lowest BCUT2D eigenvalue weighted by atomic mass is 10.2. The van der Waals surface area contributed by atoms with Gasteiger partial charge in [-0.15, -0.1) is 0 Å². The second-order valence-corrected chi connectivity index (χ2v) is 5.23. The maximum absolute atomic E-state index is 12.0. The third-order valence-corrected chi connectivity index (χ3v) is 3.51. The first kappa shape index (κ1) is 16.9. The lowest BCUT2D eigenvalue weighted by molar-refractivity contribution is -0.118. The van der Waals surface area contributed by atoms with E-state index in [9.17, 15) is 4.79 Å². The van der Waals surface area contributed by atoms with E-state index in [1.807, 2.05) is 6.07 Å². The standard InChI is InChI=1S/C16H12Cl2N2O3/c1-22-14-7-10(8-19)5-6-13(14)23-9-15(21)20-16-11(17)3-2-4-12(16)18/h2-7H,9H2,1H3,(H,20,21). The highest BCUT2D eigenvalue weighted by atomic mass is 35.5. The van der Waals surface area contributed by atoms with Crippen LogP contribution < -0.4 is 14.8 Å². The van der Waals surface area contributed by atoms with Crippen LogP contribution in [-0.2, 0) is 4.79 Å². The van der Waals surface area contributed by atoms with Gasteiger partial charge in [0.25, 0.3) is 5.91 Å². The maximum atomic E-state index is 12.0. The Morgan fingerprint density at radius 3 is 2.52 bits per heavy atom. The van der Waals surface area contributed by atoms with Crippen molar-refractivity contribution in [2.45, 2.75) is 0 Å². The fourth-order valence-electron chi connectivity index (χ4n) is 1.79. The van der Waals surface area contributed by atoms with Crippen molar-refractivity contribution in [2.24, 2.45) is 0 Å². The van der Waals surface area contributed by atoms with E-state index >= 15 is 0 Å². The number of ether oxygens (including phenoxy) is 2. The first-order chi connectivity index (χ1) is 11.0. The largest absolute Gasteiger partial charge is 0.493 e. The number of nitrogens with one attached hydrogen (secondary N) is 1. The van der Waals surface area contributed by atoms with Crippen LogP contribution in [0, 0.1) is 11.3 Å². The number of benzene rings is 2. The number of carbonyl (C=O) groups excluding carboxylic acids is 1. The van der Waals surface area contributed by atoms with E-state index < -0.39 is 5.91 Å². The molecule has 0 aliphatic rings. The first-order valence-corrected chi connectivity index (χ1v) is 7.25. The Hall–Kier alpha value is -2.42. The number of hydrogen-bond donors (Lipinski definition) is 1. The molecule has 118 valence electrons. The molecule has 0 aromatic heterocycles. The molecule has 0 radical (unpaired) electrons. The molecule has 0 atom stereocenters. The number of halogens is 2. The number of nitrogens with zero attached hydrogens (tertiary/aromatic N) is 1. The SMILES string of the molecule is COc1cc(C#N)ccc1OCC(=O)Nc1c(Cl)cccc1Cl. The van der Waals surface area contributed by atoms with E-state index in [1.54, 1.807) is 30.3 Å². The summed E-state index contributed by atoms with van der Waals surface area (Å²) in [6.45, 7) is -0.260. The van der Waals surface area contributed by atoms with Crippen LogP contribution in [0.2, 0.25) is 10.0 Å². The minimum atomic E-state index is -0.425. The summed E-state index contributed by atoms with van der Waals surface area (Å²) >= 11 is 12.0. The number of anilines is 1. The molecule has 0 spiro atoms. The van der Waals surface area contributed by atoms with Crippen LogP contribution in [0.1, 0.15) is 5.56 Å². The molecule has 0 aliphatic heterocycles. The number of carbonyl (C=O) groups is 1. The van der Waals surface area contributed by atoms with Gasteiger partial charge in [0, 0.05) is 6.07 Å². The Bertz CT molecular complexity index is 752. The zero-order valence-electron chi connectivity index (χ0n) is 12.1. The van der Waals surface area contributed by atoms with Crippen molar-refractivity contribution < 1.29 is 14.3 Å². The summed E-state index contributed by atoms with van der Waals surface area (Å²) in [5.41, 5.74) is 0.762. The zero-order chi connectivity index (χ0) is 16.8. The average Bonchev–Trinajstić information content (AvgIpc) is 2.56. The highest BCUT2D eigenvalue weighted by Crippen LogP contribution is 2.30. The molecule has 0 saturated carbocycles. The van der Waals surface area contributed by atoms with Crippen molar-refractivity contribution in [1.29, 1.82) is 5.26 Å². The summed E-state index contributed by atoms with van der Waals surface area (Å²) in [5, 5.41) is 12.1. The number of methoxy groups -OCH3 is 1. The van der Waals surface area contributed by atoms with Crippen molar-refractivity contribution in [3.05, 3.63) is 52.0 Å². The third-order valence-electron chi connectivity index (χ3n) is 2.88. The van der Waals surface area contributed by atoms with E-state index in [1.165, 1.54) is 13.2 Å². The van der Waals surface area contributed by atoms with Gasteiger partial charge >= 0.3 is 0 Å². The van der Waals surface area contributed by atoms with Gasteiger partial charge in [-0.1, -0.05) is 29.3 Å².